The molecule has 2 atom stereocenters. The number of aliphatic imine (C=N–C) groups is 1. The van der Waals surface area contributed by atoms with Crippen LogP contribution in [0.2, 0.25) is 0 Å². The predicted octanol–water partition coefficient (Wildman–Crippen LogP) is 5.60. The van der Waals surface area contributed by atoms with Crippen LogP contribution in [0.5, 0.6) is 0 Å². The van der Waals surface area contributed by atoms with Crippen molar-refractivity contribution >= 4 is 11.8 Å². The molecule has 1 heterocycles. The molecule has 1 saturated heterocycles. The van der Waals surface area contributed by atoms with Gasteiger partial charge in [0, 0.05) is 19.8 Å². The molecule has 0 unspecified atom stereocenters. The number of carbonyl (C=O) groups is 1. The van der Waals surface area contributed by atoms with Gasteiger partial charge < -0.3 is 9.80 Å². The lowest BCUT2D eigenvalue weighted by Crippen LogP contribution is -2.46. The van der Waals surface area contributed by atoms with Crippen LogP contribution in [0.3, 0.4) is 0 Å². The highest BCUT2D eigenvalue weighted by Gasteiger charge is 2.43. The summed E-state index contributed by atoms with van der Waals surface area (Å²) in [6.45, 7) is 13.0. The fraction of sp³-hybridized carbons (Fsp3) is 0.769. The van der Waals surface area contributed by atoms with E-state index in [0.717, 1.165) is 44.7 Å². The lowest BCUT2D eigenvalue weighted by molar-refractivity contribution is -0.134. The summed E-state index contributed by atoms with van der Waals surface area (Å²) in [4.78, 5) is 22.4. The van der Waals surface area contributed by atoms with Gasteiger partial charge in [0.1, 0.15) is 5.54 Å². The average molecular weight is 414 g/mol. The van der Waals surface area contributed by atoms with Gasteiger partial charge in [0.25, 0.3) is 5.91 Å². The second-order valence-corrected chi connectivity index (χ2v) is 9.46. The highest BCUT2D eigenvalue weighted by Crippen LogP contribution is 2.37. The van der Waals surface area contributed by atoms with Gasteiger partial charge in [0.2, 0.25) is 0 Å². The van der Waals surface area contributed by atoms with E-state index in [1.165, 1.54) is 57.9 Å². The molecule has 0 aromatic rings. The van der Waals surface area contributed by atoms with E-state index in [2.05, 4.69) is 41.6 Å². The van der Waals surface area contributed by atoms with Crippen LogP contribution in [-0.4, -0.2) is 53.8 Å². The quantitative estimate of drug-likeness (QED) is 0.237. The summed E-state index contributed by atoms with van der Waals surface area (Å²) >= 11 is 0. The predicted molar refractivity (Wildman–Crippen MR) is 127 cm³/mol. The summed E-state index contributed by atoms with van der Waals surface area (Å²) in [6.07, 6.45) is 15.8. The van der Waals surface area contributed by atoms with E-state index in [1.54, 1.807) is 18.1 Å². The molecular formula is C26H43N3O. The smallest absolute Gasteiger partial charge is 0.255 e. The standard InChI is InChI=1S/C26H43N3O/c1-5-8-12-19-29-20-16-24(22-29)21-26(27-7-3,25(30)28(4)18-6-2)17-15-23-13-10-9-11-14-23/h18,23-24H,2-3,5,8-17,19-22H2,1,4H3/t24-,26+/m1/s1. The van der Waals surface area contributed by atoms with Crippen molar-refractivity contribution in [2.24, 2.45) is 16.8 Å². The van der Waals surface area contributed by atoms with Crippen LogP contribution < -0.4 is 0 Å². The van der Waals surface area contributed by atoms with Crippen LogP contribution in [0, 0.1) is 11.8 Å². The molecule has 30 heavy (non-hydrogen) atoms. The van der Waals surface area contributed by atoms with E-state index >= 15 is 0 Å². The molecule has 2 fully saturated rings. The molecule has 1 aliphatic heterocycles. The Morgan fingerprint density at radius 1 is 1.20 bits per heavy atom. The minimum atomic E-state index is -0.759. The number of rotatable bonds is 12. The summed E-state index contributed by atoms with van der Waals surface area (Å²) in [7, 11) is 1.79. The zero-order valence-corrected chi connectivity index (χ0v) is 19.5. The fourth-order valence-electron chi connectivity index (χ4n) is 5.39. The number of likely N-dealkylation sites (tertiary alicyclic amines) is 1. The summed E-state index contributed by atoms with van der Waals surface area (Å²) in [5, 5.41) is 0. The number of amides is 1. The number of hydrogen-bond acceptors (Lipinski definition) is 3. The number of hydrogen-bond donors (Lipinski definition) is 0. The van der Waals surface area contributed by atoms with Crippen molar-refractivity contribution in [2.45, 2.75) is 89.5 Å². The third kappa shape index (κ3) is 7.27. The van der Waals surface area contributed by atoms with Crippen LogP contribution in [0.4, 0.5) is 0 Å². The van der Waals surface area contributed by atoms with E-state index in [-0.39, 0.29) is 5.91 Å². The van der Waals surface area contributed by atoms with Crippen molar-refractivity contribution in [3.05, 3.63) is 25.1 Å². The molecule has 2 rings (SSSR count). The molecule has 1 aliphatic carbocycles. The Morgan fingerprint density at radius 3 is 2.63 bits per heavy atom. The fourth-order valence-corrected chi connectivity index (χ4v) is 5.39. The Bertz CT molecular complexity index is 626. The number of likely N-dealkylation sites (N-methyl/N-ethyl adjacent to an activating group) is 1. The normalized spacial score (nSPS) is 22.0. The van der Waals surface area contributed by atoms with Gasteiger partial charge in [-0.25, -0.2) is 4.99 Å². The molecule has 1 saturated carbocycles. The minimum Gasteiger partial charge on any atom is -0.313 e. The van der Waals surface area contributed by atoms with Gasteiger partial charge in [0.15, 0.2) is 0 Å². The van der Waals surface area contributed by atoms with Crippen molar-refractivity contribution < 1.29 is 4.79 Å². The molecule has 0 spiro atoms. The van der Waals surface area contributed by atoms with Gasteiger partial charge in [-0.2, -0.15) is 0 Å². The first kappa shape index (κ1) is 24.7. The summed E-state index contributed by atoms with van der Waals surface area (Å²) in [6, 6.07) is 0. The second-order valence-electron chi connectivity index (χ2n) is 9.46. The first-order chi connectivity index (χ1) is 14.5. The maximum Gasteiger partial charge on any atom is 0.255 e. The number of carbonyl (C=O) groups excluding carboxylic acids is 1. The molecule has 2 aliphatic rings. The summed E-state index contributed by atoms with van der Waals surface area (Å²) < 4.78 is 0. The topological polar surface area (TPSA) is 35.9 Å². The molecule has 0 aromatic carbocycles. The highest BCUT2D eigenvalue weighted by molar-refractivity contribution is 5.88. The van der Waals surface area contributed by atoms with Crippen molar-refractivity contribution in [1.29, 1.82) is 0 Å². The lowest BCUT2D eigenvalue weighted by atomic mass is 9.77. The van der Waals surface area contributed by atoms with Crippen LogP contribution >= 0.6 is 0 Å². The van der Waals surface area contributed by atoms with Crippen molar-refractivity contribution in [3.63, 3.8) is 0 Å². The molecular weight excluding hydrogens is 370 g/mol. The number of nitrogens with zero attached hydrogens (tertiary/aromatic N) is 3. The van der Waals surface area contributed by atoms with Gasteiger partial charge in [-0.3, -0.25) is 4.79 Å². The molecule has 4 heteroatoms. The van der Waals surface area contributed by atoms with E-state index in [4.69, 9.17) is 0 Å². The molecule has 0 N–H and O–H groups in total. The van der Waals surface area contributed by atoms with E-state index < -0.39 is 5.54 Å². The van der Waals surface area contributed by atoms with Crippen LogP contribution in [0.15, 0.2) is 30.1 Å². The molecule has 0 bridgehead atoms. The summed E-state index contributed by atoms with van der Waals surface area (Å²) in [5.74, 6) is 4.03. The summed E-state index contributed by atoms with van der Waals surface area (Å²) in [5.41, 5.74) is 1.98. The van der Waals surface area contributed by atoms with Gasteiger partial charge in [-0.1, -0.05) is 58.4 Å². The molecule has 0 aromatic heterocycles. The van der Waals surface area contributed by atoms with Crippen LogP contribution in [0.1, 0.15) is 84.0 Å². The van der Waals surface area contributed by atoms with Crippen LogP contribution in [0.25, 0.3) is 0 Å². The third-order valence-corrected chi connectivity index (χ3v) is 7.06. The van der Waals surface area contributed by atoms with E-state index in [0.29, 0.717) is 5.92 Å². The maximum absolute atomic E-state index is 13.5. The highest BCUT2D eigenvalue weighted by atomic mass is 16.2. The Morgan fingerprint density at radius 2 is 1.97 bits per heavy atom. The van der Waals surface area contributed by atoms with Crippen molar-refractivity contribution in [3.8, 4) is 0 Å². The first-order valence-electron chi connectivity index (χ1n) is 12.1. The number of unbranched alkanes of at least 4 members (excludes halogenated alkanes) is 2. The largest absolute Gasteiger partial charge is 0.313 e. The zero-order chi connectivity index (χ0) is 21.8. The van der Waals surface area contributed by atoms with Gasteiger partial charge >= 0.3 is 0 Å². The van der Waals surface area contributed by atoms with Gasteiger partial charge in [0.05, 0.1) is 0 Å². The first-order valence-corrected chi connectivity index (χ1v) is 12.1. The third-order valence-electron chi connectivity index (χ3n) is 7.06. The monoisotopic (exact) mass is 413 g/mol. The Kier molecular flexibility index (Phi) is 10.6. The second kappa shape index (κ2) is 13.0. The SMILES string of the molecule is C=C=CN(C)C(=O)[C@](CCC1CCCCC1)(C[C@H]1CCN(CCCCC)C1)N=C=C. The zero-order valence-electron chi connectivity index (χ0n) is 19.5. The van der Waals surface area contributed by atoms with Crippen molar-refractivity contribution in [2.75, 3.05) is 26.7 Å². The van der Waals surface area contributed by atoms with Gasteiger partial charge in [-0.15, -0.1) is 5.73 Å². The Hall–Kier alpha value is -1.60. The van der Waals surface area contributed by atoms with E-state index in [1.807, 2.05) is 0 Å². The van der Waals surface area contributed by atoms with Gasteiger partial charge in [-0.05, 0) is 69.5 Å². The lowest BCUT2D eigenvalue weighted by Gasteiger charge is -2.34. The Balaban J connectivity index is 2.12. The molecule has 4 nitrogen and oxygen atoms in total. The van der Waals surface area contributed by atoms with Crippen molar-refractivity contribution in [1.82, 2.24) is 9.80 Å². The molecule has 168 valence electrons. The molecule has 0 radical (unpaired) electrons. The minimum absolute atomic E-state index is 0.0371. The van der Waals surface area contributed by atoms with E-state index in [9.17, 15) is 4.79 Å². The molecule has 1 amide bonds. The maximum atomic E-state index is 13.5. The average Bonchev–Trinajstić information content (AvgIpc) is 3.19. The Labute approximate surface area is 184 Å². The van der Waals surface area contributed by atoms with Crippen LogP contribution in [-0.2, 0) is 4.79 Å².